The van der Waals surface area contributed by atoms with Crippen LogP contribution >= 0.6 is 11.6 Å². The average Bonchev–Trinajstić information content (AvgIpc) is 2.59. The zero-order valence-electron chi connectivity index (χ0n) is 15.3. The predicted octanol–water partition coefficient (Wildman–Crippen LogP) is 2.80. The van der Waals surface area contributed by atoms with Crippen molar-refractivity contribution in [1.29, 1.82) is 0 Å². The lowest BCUT2D eigenvalue weighted by molar-refractivity contribution is -0.154. The third kappa shape index (κ3) is 7.09. The highest BCUT2D eigenvalue weighted by molar-refractivity contribution is 6.30. The maximum absolute atomic E-state index is 12.0. The first-order chi connectivity index (χ1) is 12.2. The number of methoxy groups -OCH3 is 2. The van der Waals surface area contributed by atoms with Crippen LogP contribution in [0, 0.1) is 0 Å². The Morgan fingerprint density at radius 1 is 1.15 bits per heavy atom. The second-order valence-corrected chi connectivity index (χ2v) is 6.53. The fourth-order valence-electron chi connectivity index (χ4n) is 1.57. The predicted molar refractivity (Wildman–Crippen MR) is 98.7 cm³/mol. The third-order valence-electron chi connectivity index (χ3n) is 2.83. The average molecular weight is 381 g/mol. The van der Waals surface area contributed by atoms with E-state index in [1.54, 1.807) is 24.3 Å². The van der Waals surface area contributed by atoms with Crippen molar-refractivity contribution in [2.24, 2.45) is 10.1 Å². The Kier molecular flexibility index (Phi) is 8.03. The molecule has 0 spiro atoms. The van der Waals surface area contributed by atoms with Crippen LogP contribution in [0.3, 0.4) is 0 Å². The van der Waals surface area contributed by atoms with Gasteiger partial charge >= 0.3 is 11.9 Å². The molecule has 0 fully saturated rings. The molecule has 0 aliphatic rings. The molecule has 1 rings (SSSR count). The van der Waals surface area contributed by atoms with Crippen LogP contribution in [0.2, 0.25) is 5.02 Å². The molecular weight excluding hydrogens is 360 g/mol. The number of hydrogen-bond donors (Lipinski definition) is 0. The lowest BCUT2D eigenvalue weighted by atomic mass is 10.1. The molecule has 0 aliphatic heterocycles. The van der Waals surface area contributed by atoms with Crippen molar-refractivity contribution < 1.29 is 23.9 Å². The Labute approximate surface area is 157 Å². The fraction of sp³-hybridized carbons (Fsp3) is 0.389. The molecule has 8 heteroatoms. The molecule has 1 atom stereocenters. The molecule has 26 heavy (non-hydrogen) atoms. The zero-order chi connectivity index (χ0) is 19.7. The molecule has 0 aromatic heterocycles. The van der Waals surface area contributed by atoms with Gasteiger partial charge in [-0.1, -0.05) is 28.9 Å². The molecule has 140 valence electrons. The lowest BCUT2D eigenvalue weighted by Gasteiger charge is -2.14. The number of ether oxygens (including phenoxy) is 2. The van der Waals surface area contributed by atoms with Gasteiger partial charge in [-0.05, 0) is 44.3 Å². The zero-order valence-corrected chi connectivity index (χ0v) is 16.0. The minimum atomic E-state index is -1.47. The van der Waals surface area contributed by atoms with E-state index in [0.717, 1.165) is 7.11 Å². The number of esters is 2. The number of carbonyl (C=O) groups is 2. The number of benzene rings is 1. The summed E-state index contributed by atoms with van der Waals surface area (Å²) >= 11 is 5.81. The summed E-state index contributed by atoms with van der Waals surface area (Å²) in [6, 6.07) is 6.77. The summed E-state index contributed by atoms with van der Waals surface area (Å²) in [5, 5.41) is 4.32. The number of rotatable bonds is 6. The van der Waals surface area contributed by atoms with E-state index in [0.29, 0.717) is 10.6 Å². The van der Waals surface area contributed by atoms with Crippen molar-refractivity contribution >= 4 is 35.6 Å². The fourth-order valence-corrected chi connectivity index (χ4v) is 1.70. The first kappa shape index (κ1) is 21.4. The van der Waals surface area contributed by atoms with E-state index in [2.05, 4.69) is 25.5 Å². The summed E-state index contributed by atoms with van der Waals surface area (Å²) in [5.74, 6) is 0.870. The highest BCUT2D eigenvalue weighted by Gasteiger charge is 2.32. The van der Waals surface area contributed by atoms with E-state index in [1.165, 1.54) is 13.3 Å². The Bertz CT molecular complexity index is 729. The van der Waals surface area contributed by atoms with Crippen LogP contribution in [0.15, 0.2) is 40.0 Å². The van der Waals surface area contributed by atoms with E-state index in [-0.39, 0.29) is 5.57 Å². The molecule has 0 bridgehead atoms. The standard InChI is InChI=1S/C18H21ClN2O5/c1-18(2,3)20-11-14(16(22)24-4)15(17(23)25-5)26-21-10-12-6-8-13(19)9-7-12/h6-10,15H,1-5H3/b21-10+. The molecule has 0 heterocycles. The monoisotopic (exact) mass is 380 g/mol. The van der Waals surface area contributed by atoms with Crippen LogP contribution in [-0.4, -0.2) is 49.9 Å². The second-order valence-electron chi connectivity index (χ2n) is 6.09. The number of aliphatic imine (C=N–C) groups is 1. The summed E-state index contributed by atoms with van der Waals surface area (Å²) in [5.41, 5.74) is -0.0838. The van der Waals surface area contributed by atoms with Crippen LogP contribution in [0.4, 0.5) is 0 Å². The van der Waals surface area contributed by atoms with E-state index in [4.69, 9.17) is 16.4 Å². The molecule has 0 radical (unpaired) electrons. The highest BCUT2D eigenvalue weighted by Crippen LogP contribution is 2.12. The molecule has 1 aromatic carbocycles. The van der Waals surface area contributed by atoms with Gasteiger partial charge in [-0.3, -0.25) is 0 Å². The lowest BCUT2D eigenvalue weighted by Crippen LogP contribution is -2.31. The number of carbonyl (C=O) groups excluding carboxylic acids is 2. The molecule has 7 nitrogen and oxygen atoms in total. The first-order valence-electron chi connectivity index (χ1n) is 7.63. The first-order valence-corrected chi connectivity index (χ1v) is 8.01. The molecule has 1 unspecified atom stereocenters. The molecular formula is C18H21ClN2O5. The van der Waals surface area contributed by atoms with Gasteiger partial charge in [0.1, 0.15) is 0 Å². The Balaban J connectivity index is 3.16. The molecule has 0 N–H and O–H groups in total. The van der Waals surface area contributed by atoms with Crippen LogP contribution in [0.5, 0.6) is 0 Å². The Hall–Kier alpha value is -2.63. The quantitative estimate of drug-likeness (QED) is 0.328. The summed E-state index contributed by atoms with van der Waals surface area (Å²) in [6.07, 6.45) is -0.107. The topological polar surface area (TPSA) is 86.5 Å². The summed E-state index contributed by atoms with van der Waals surface area (Å²) < 4.78 is 9.35. The normalized spacial score (nSPS) is 12.1. The van der Waals surface area contributed by atoms with Crippen molar-refractivity contribution in [3.8, 4) is 0 Å². The van der Waals surface area contributed by atoms with Crippen LogP contribution in [0.25, 0.3) is 0 Å². The van der Waals surface area contributed by atoms with Crippen LogP contribution in [-0.2, 0) is 23.9 Å². The van der Waals surface area contributed by atoms with Crippen LogP contribution in [0.1, 0.15) is 26.3 Å². The molecule has 0 amide bonds. The van der Waals surface area contributed by atoms with Gasteiger partial charge in [0.2, 0.25) is 0 Å². The third-order valence-corrected chi connectivity index (χ3v) is 3.08. The van der Waals surface area contributed by atoms with Gasteiger partial charge in [-0.25, -0.2) is 14.6 Å². The minimum absolute atomic E-state index is 0.248. The van der Waals surface area contributed by atoms with Gasteiger partial charge < -0.3 is 14.3 Å². The summed E-state index contributed by atoms with van der Waals surface area (Å²) in [6.45, 7) is 5.42. The van der Waals surface area contributed by atoms with E-state index in [9.17, 15) is 9.59 Å². The van der Waals surface area contributed by atoms with Crippen molar-refractivity contribution in [3.63, 3.8) is 0 Å². The maximum atomic E-state index is 12.0. The maximum Gasteiger partial charge on any atom is 0.355 e. The van der Waals surface area contributed by atoms with Crippen molar-refractivity contribution in [1.82, 2.24) is 0 Å². The SMILES string of the molecule is COC(=O)C(=C=NC(C)(C)C)C(O/N=C/c1ccc(Cl)cc1)C(=O)OC. The summed E-state index contributed by atoms with van der Waals surface area (Å²) in [7, 11) is 2.34. The highest BCUT2D eigenvalue weighted by atomic mass is 35.5. The number of oxime groups is 1. The smallest absolute Gasteiger partial charge is 0.355 e. The Morgan fingerprint density at radius 3 is 2.27 bits per heavy atom. The Morgan fingerprint density at radius 2 is 1.77 bits per heavy atom. The largest absolute Gasteiger partial charge is 0.466 e. The van der Waals surface area contributed by atoms with Crippen molar-refractivity contribution in [2.75, 3.05) is 14.2 Å². The van der Waals surface area contributed by atoms with Gasteiger partial charge in [0.25, 0.3) is 6.10 Å². The summed E-state index contributed by atoms with van der Waals surface area (Å²) in [4.78, 5) is 33.3. The van der Waals surface area contributed by atoms with Gasteiger partial charge in [0, 0.05) is 5.02 Å². The van der Waals surface area contributed by atoms with Gasteiger partial charge in [0.05, 0.1) is 26.0 Å². The molecule has 0 aliphatic carbocycles. The van der Waals surface area contributed by atoms with E-state index in [1.807, 2.05) is 20.8 Å². The van der Waals surface area contributed by atoms with Crippen LogP contribution < -0.4 is 0 Å². The minimum Gasteiger partial charge on any atom is -0.466 e. The second kappa shape index (κ2) is 9.75. The molecule has 0 saturated carbocycles. The number of halogens is 1. The number of nitrogens with zero attached hydrogens (tertiary/aromatic N) is 2. The van der Waals surface area contributed by atoms with E-state index >= 15 is 0 Å². The molecule has 0 saturated heterocycles. The van der Waals surface area contributed by atoms with Crippen molar-refractivity contribution in [2.45, 2.75) is 32.4 Å². The van der Waals surface area contributed by atoms with E-state index < -0.39 is 23.6 Å². The van der Waals surface area contributed by atoms with Gasteiger partial charge in [-0.2, -0.15) is 0 Å². The number of hydrogen-bond acceptors (Lipinski definition) is 7. The van der Waals surface area contributed by atoms with Gasteiger partial charge in [-0.15, -0.1) is 0 Å². The van der Waals surface area contributed by atoms with Gasteiger partial charge in [0.15, 0.2) is 5.57 Å². The molecule has 1 aromatic rings. The van der Waals surface area contributed by atoms with Crippen molar-refractivity contribution in [3.05, 3.63) is 40.4 Å².